The van der Waals surface area contributed by atoms with Crippen LogP contribution in [-0.4, -0.2) is 41.5 Å². The van der Waals surface area contributed by atoms with Gasteiger partial charge in [-0.15, -0.1) is 0 Å². The molecule has 20 heavy (non-hydrogen) atoms. The summed E-state index contributed by atoms with van der Waals surface area (Å²) in [6.45, 7) is 1.83. The first-order valence-electron chi connectivity index (χ1n) is 6.87. The van der Waals surface area contributed by atoms with Gasteiger partial charge in [-0.25, -0.2) is 0 Å². The fourth-order valence-electron chi connectivity index (χ4n) is 2.55. The molecule has 1 aliphatic rings. The van der Waals surface area contributed by atoms with Crippen LogP contribution in [0.2, 0.25) is 0 Å². The third-order valence-electron chi connectivity index (χ3n) is 3.71. The molecule has 0 aliphatic heterocycles. The predicted molar refractivity (Wildman–Crippen MR) is 74.4 cm³/mol. The van der Waals surface area contributed by atoms with E-state index in [1.54, 1.807) is 0 Å². The molecule has 1 amide bonds. The molecule has 110 valence electrons. The summed E-state index contributed by atoms with van der Waals surface area (Å²) in [4.78, 5) is 11.8. The lowest BCUT2D eigenvalue weighted by molar-refractivity contribution is -0.123. The zero-order valence-corrected chi connectivity index (χ0v) is 11.6. The van der Waals surface area contributed by atoms with Crippen molar-refractivity contribution in [3.05, 3.63) is 29.8 Å². The van der Waals surface area contributed by atoms with E-state index in [1.165, 1.54) is 0 Å². The van der Waals surface area contributed by atoms with E-state index in [4.69, 9.17) is 9.84 Å². The van der Waals surface area contributed by atoms with Crippen molar-refractivity contribution in [3.63, 3.8) is 0 Å². The van der Waals surface area contributed by atoms with Crippen LogP contribution in [0.15, 0.2) is 24.3 Å². The van der Waals surface area contributed by atoms with Gasteiger partial charge in [0.05, 0.1) is 6.10 Å². The van der Waals surface area contributed by atoms with Crippen LogP contribution < -0.4 is 10.1 Å². The first-order chi connectivity index (χ1) is 9.60. The number of hydrogen-bond acceptors (Lipinski definition) is 4. The van der Waals surface area contributed by atoms with Crippen LogP contribution in [0.5, 0.6) is 5.75 Å². The van der Waals surface area contributed by atoms with Gasteiger partial charge in [0.15, 0.2) is 6.61 Å². The molecule has 5 heteroatoms. The second-order valence-corrected chi connectivity index (χ2v) is 5.30. The van der Waals surface area contributed by atoms with Gasteiger partial charge in [-0.1, -0.05) is 18.2 Å². The average molecular weight is 279 g/mol. The molecule has 0 bridgehead atoms. The van der Waals surface area contributed by atoms with Crippen LogP contribution in [0, 0.1) is 12.8 Å². The molecule has 0 aromatic heterocycles. The highest BCUT2D eigenvalue weighted by atomic mass is 16.5. The third-order valence-corrected chi connectivity index (χ3v) is 3.71. The van der Waals surface area contributed by atoms with Crippen LogP contribution >= 0.6 is 0 Å². The number of hydrogen-bond donors (Lipinski definition) is 3. The first kappa shape index (κ1) is 14.8. The SMILES string of the molecule is Cc1ccccc1OCC(=O)NC1CC(O)C(CO)C1. The fraction of sp³-hybridized carbons (Fsp3) is 0.533. The van der Waals surface area contributed by atoms with Gasteiger partial charge < -0.3 is 20.3 Å². The Morgan fingerprint density at radius 3 is 2.80 bits per heavy atom. The minimum absolute atomic E-state index is 0.0404. The van der Waals surface area contributed by atoms with Gasteiger partial charge in [-0.3, -0.25) is 4.79 Å². The van der Waals surface area contributed by atoms with Crippen LogP contribution in [-0.2, 0) is 4.79 Å². The number of carbonyl (C=O) groups excluding carboxylic acids is 1. The molecule has 0 spiro atoms. The molecule has 3 atom stereocenters. The number of aliphatic hydroxyl groups excluding tert-OH is 2. The number of benzene rings is 1. The topological polar surface area (TPSA) is 78.8 Å². The molecule has 0 heterocycles. The van der Waals surface area contributed by atoms with E-state index in [0.717, 1.165) is 5.56 Å². The van der Waals surface area contributed by atoms with E-state index < -0.39 is 6.10 Å². The predicted octanol–water partition coefficient (Wildman–Crippen LogP) is 0.622. The minimum Gasteiger partial charge on any atom is -0.484 e. The van der Waals surface area contributed by atoms with Gasteiger partial charge in [0, 0.05) is 18.6 Å². The second-order valence-electron chi connectivity index (χ2n) is 5.30. The van der Waals surface area contributed by atoms with Gasteiger partial charge >= 0.3 is 0 Å². The summed E-state index contributed by atoms with van der Waals surface area (Å²) in [5.74, 6) is 0.351. The maximum Gasteiger partial charge on any atom is 0.258 e. The highest BCUT2D eigenvalue weighted by Crippen LogP contribution is 2.25. The standard InChI is InChI=1S/C15H21NO4/c1-10-4-2-3-5-14(10)20-9-15(19)16-12-6-11(8-17)13(18)7-12/h2-5,11-13,17-18H,6-9H2,1H3,(H,16,19). The number of carbonyl (C=O) groups is 1. The van der Waals surface area contributed by atoms with Crippen molar-refractivity contribution < 1.29 is 19.7 Å². The van der Waals surface area contributed by atoms with Crippen LogP contribution in [0.1, 0.15) is 18.4 Å². The number of para-hydroxylation sites is 1. The Bertz CT molecular complexity index is 463. The number of rotatable bonds is 5. The monoisotopic (exact) mass is 279 g/mol. The summed E-state index contributed by atoms with van der Waals surface area (Å²) >= 11 is 0. The summed E-state index contributed by atoms with van der Waals surface area (Å²) in [6, 6.07) is 7.43. The Hall–Kier alpha value is -1.59. The quantitative estimate of drug-likeness (QED) is 0.738. The fourth-order valence-corrected chi connectivity index (χ4v) is 2.55. The summed E-state index contributed by atoms with van der Waals surface area (Å²) < 4.78 is 5.46. The normalized spacial score (nSPS) is 25.4. The second kappa shape index (κ2) is 6.72. The molecule has 0 radical (unpaired) electrons. The highest BCUT2D eigenvalue weighted by molar-refractivity contribution is 5.77. The van der Waals surface area contributed by atoms with E-state index in [9.17, 15) is 9.90 Å². The smallest absolute Gasteiger partial charge is 0.258 e. The zero-order chi connectivity index (χ0) is 14.5. The molecule has 3 N–H and O–H groups in total. The summed E-state index contributed by atoms with van der Waals surface area (Å²) in [6.07, 6.45) is 0.553. The van der Waals surface area contributed by atoms with Gasteiger partial charge in [-0.05, 0) is 31.4 Å². The Kier molecular flexibility index (Phi) is 4.98. The van der Waals surface area contributed by atoms with Crippen molar-refractivity contribution in [2.45, 2.75) is 31.9 Å². The Morgan fingerprint density at radius 1 is 1.40 bits per heavy atom. The molecule has 1 aromatic carbocycles. The van der Waals surface area contributed by atoms with E-state index >= 15 is 0 Å². The first-order valence-corrected chi connectivity index (χ1v) is 6.87. The molecule has 0 saturated heterocycles. The lowest BCUT2D eigenvalue weighted by atomic mass is 10.1. The van der Waals surface area contributed by atoms with Gasteiger partial charge in [0.25, 0.3) is 5.91 Å². The highest BCUT2D eigenvalue weighted by Gasteiger charge is 2.33. The van der Waals surface area contributed by atoms with Crippen molar-refractivity contribution in [1.29, 1.82) is 0 Å². The van der Waals surface area contributed by atoms with Crippen LogP contribution in [0.3, 0.4) is 0 Å². The van der Waals surface area contributed by atoms with Crippen molar-refractivity contribution in [1.82, 2.24) is 5.32 Å². The van der Waals surface area contributed by atoms with E-state index in [-0.39, 0.29) is 31.1 Å². The maximum atomic E-state index is 11.8. The van der Waals surface area contributed by atoms with Crippen molar-refractivity contribution in [2.75, 3.05) is 13.2 Å². The zero-order valence-electron chi connectivity index (χ0n) is 11.6. The molecular formula is C15H21NO4. The molecule has 5 nitrogen and oxygen atoms in total. The molecule has 1 saturated carbocycles. The molecule has 1 aliphatic carbocycles. The number of ether oxygens (including phenoxy) is 1. The Morgan fingerprint density at radius 2 is 2.15 bits per heavy atom. The number of nitrogens with one attached hydrogen (secondary N) is 1. The molecule has 1 aromatic rings. The van der Waals surface area contributed by atoms with Gasteiger partial charge in [0.1, 0.15) is 5.75 Å². The largest absolute Gasteiger partial charge is 0.484 e. The van der Waals surface area contributed by atoms with Crippen molar-refractivity contribution in [3.8, 4) is 5.75 Å². The lowest BCUT2D eigenvalue weighted by Crippen LogP contribution is -2.36. The van der Waals surface area contributed by atoms with E-state index in [2.05, 4.69) is 5.32 Å². The Balaban J connectivity index is 1.78. The summed E-state index contributed by atoms with van der Waals surface area (Å²) in [7, 11) is 0. The Labute approximate surface area is 118 Å². The molecular weight excluding hydrogens is 258 g/mol. The number of aryl methyl sites for hydroxylation is 1. The molecule has 3 unspecified atom stereocenters. The van der Waals surface area contributed by atoms with E-state index in [0.29, 0.717) is 18.6 Å². The summed E-state index contributed by atoms with van der Waals surface area (Å²) in [5, 5.41) is 21.6. The number of amides is 1. The maximum absolute atomic E-state index is 11.8. The summed E-state index contributed by atoms with van der Waals surface area (Å²) in [5.41, 5.74) is 0.983. The van der Waals surface area contributed by atoms with Crippen LogP contribution in [0.4, 0.5) is 0 Å². The van der Waals surface area contributed by atoms with E-state index in [1.807, 2.05) is 31.2 Å². The number of aliphatic hydroxyl groups is 2. The third kappa shape index (κ3) is 3.71. The van der Waals surface area contributed by atoms with Gasteiger partial charge in [0.2, 0.25) is 0 Å². The van der Waals surface area contributed by atoms with Crippen molar-refractivity contribution in [2.24, 2.45) is 5.92 Å². The lowest BCUT2D eigenvalue weighted by Gasteiger charge is -2.13. The average Bonchev–Trinajstić information content (AvgIpc) is 2.77. The molecule has 1 fully saturated rings. The molecule has 2 rings (SSSR count). The van der Waals surface area contributed by atoms with Gasteiger partial charge in [-0.2, -0.15) is 0 Å². The van der Waals surface area contributed by atoms with Crippen LogP contribution in [0.25, 0.3) is 0 Å². The minimum atomic E-state index is -0.539. The van der Waals surface area contributed by atoms with Crippen molar-refractivity contribution >= 4 is 5.91 Å².